The van der Waals surface area contributed by atoms with Gasteiger partial charge in [0.05, 0.1) is 36.0 Å². The second kappa shape index (κ2) is 9.69. The molecule has 1 amide bonds. The number of ether oxygens (including phenoxy) is 1. The first-order chi connectivity index (χ1) is 14.7. The van der Waals surface area contributed by atoms with Gasteiger partial charge in [0.25, 0.3) is 0 Å². The molecule has 0 atom stereocenters. The molecule has 2 aromatic carbocycles. The molecule has 1 saturated heterocycles. The molecule has 8 heteroatoms. The molecule has 1 N–H and O–H groups in total. The van der Waals surface area contributed by atoms with E-state index in [2.05, 4.69) is 20.4 Å². The largest absolute Gasteiger partial charge is 0.378 e. The van der Waals surface area contributed by atoms with Crippen LogP contribution in [0.1, 0.15) is 0 Å². The maximum atomic E-state index is 13.9. The van der Waals surface area contributed by atoms with Gasteiger partial charge < -0.3 is 15.0 Å². The number of nitrogens with zero attached hydrogens (tertiary/aromatic N) is 3. The first kappa shape index (κ1) is 20.3. The zero-order chi connectivity index (χ0) is 20.8. The summed E-state index contributed by atoms with van der Waals surface area (Å²) in [7, 11) is 0. The highest BCUT2D eigenvalue weighted by Crippen LogP contribution is 2.27. The fourth-order valence-electron chi connectivity index (χ4n) is 3.19. The highest BCUT2D eigenvalue weighted by Gasteiger charge is 2.16. The van der Waals surface area contributed by atoms with Crippen molar-refractivity contribution in [2.24, 2.45) is 0 Å². The minimum atomic E-state index is -0.342. The number of thioether (sulfide) groups is 1. The summed E-state index contributed by atoms with van der Waals surface area (Å²) in [4.78, 5) is 14.7. The lowest BCUT2D eigenvalue weighted by Gasteiger charge is -2.30. The molecule has 1 aliphatic heterocycles. The van der Waals surface area contributed by atoms with Crippen LogP contribution >= 0.6 is 11.8 Å². The molecule has 0 aliphatic carbocycles. The van der Waals surface area contributed by atoms with Crippen molar-refractivity contribution in [2.75, 3.05) is 42.3 Å². The average Bonchev–Trinajstić information content (AvgIpc) is 2.79. The fourth-order valence-corrected chi connectivity index (χ4v) is 3.81. The van der Waals surface area contributed by atoms with E-state index >= 15 is 0 Å². The van der Waals surface area contributed by atoms with Crippen LogP contribution in [0.4, 0.5) is 15.8 Å². The summed E-state index contributed by atoms with van der Waals surface area (Å²) in [5, 5.41) is 11.8. The quantitative estimate of drug-likeness (QED) is 0.607. The van der Waals surface area contributed by atoms with Crippen LogP contribution in [0.5, 0.6) is 0 Å². The molecular formula is C22H21FN4O2S. The van der Waals surface area contributed by atoms with Crippen LogP contribution in [0, 0.1) is 5.82 Å². The summed E-state index contributed by atoms with van der Waals surface area (Å²) >= 11 is 1.28. The number of amides is 1. The summed E-state index contributed by atoms with van der Waals surface area (Å²) in [5.74, 6) is -0.267. The summed E-state index contributed by atoms with van der Waals surface area (Å²) in [6.07, 6.45) is 0. The van der Waals surface area contributed by atoms with E-state index in [0.29, 0.717) is 29.5 Å². The number of nitrogens with one attached hydrogen (secondary N) is 1. The van der Waals surface area contributed by atoms with Crippen molar-refractivity contribution in [3.8, 4) is 11.3 Å². The number of benzene rings is 2. The molecule has 1 aromatic heterocycles. The fraction of sp³-hybridized carbons (Fsp3) is 0.227. The lowest BCUT2D eigenvalue weighted by Crippen LogP contribution is -2.36. The maximum Gasteiger partial charge on any atom is 0.234 e. The van der Waals surface area contributed by atoms with Crippen molar-refractivity contribution in [1.82, 2.24) is 10.2 Å². The maximum absolute atomic E-state index is 13.9. The number of anilines is 2. The summed E-state index contributed by atoms with van der Waals surface area (Å²) in [6.45, 7) is 2.95. The Bertz CT molecular complexity index is 1010. The Balaban J connectivity index is 1.36. The Labute approximate surface area is 178 Å². The van der Waals surface area contributed by atoms with Gasteiger partial charge in [0.1, 0.15) is 10.8 Å². The monoisotopic (exact) mass is 424 g/mol. The van der Waals surface area contributed by atoms with Crippen LogP contribution < -0.4 is 10.2 Å². The predicted molar refractivity (Wildman–Crippen MR) is 116 cm³/mol. The minimum Gasteiger partial charge on any atom is -0.378 e. The normalized spacial score (nSPS) is 13.8. The van der Waals surface area contributed by atoms with Gasteiger partial charge in [-0.3, -0.25) is 4.79 Å². The first-order valence-electron chi connectivity index (χ1n) is 9.64. The Morgan fingerprint density at radius 2 is 1.80 bits per heavy atom. The predicted octanol–water partition coefficient (Wildman–Crippen LogP) is 3.85. The van der Waals surface area contributed by atoms with E-state index in [-0.39, 0.29) is 17.5 Å². The Kier molecular flexibility index (Phi) is 6.56. The molecule has 3 aromatic rings. The molecule has 30 heavy (non-hydrogen) atoms. The third kappa shape index (κ3) is 4.95. The Hall–Kier alpha value is -2.97. The van der Waals surface area contributed by atoms with Crippen LogP contribution in [0.2, 0.25) is 0 Å². The Morgan fingerprint density at radius 3 is 2.57 bits per heavy atom. The van der Waals surface area contributed by atoms with E-state index in [9.17, 15) is 9.18 Å². The number of carbonyl (C=O) groups excluding carboxylic acids is 1. The lowest BCUT2D eigenvalue weighted by atomic mass is 10.1. The van der Waals surface area contributed by atoms with Crippen molar-refractivity contribution in [1.29, 1.82) is 0 Å². The summed E-state index contributed by atoms with van der Waals surface area (Å²) in [5.41, 5.74) is 2.64. The van der Waals surface area contributed by atoms with Gasteiger partial charge in [0.2, 0.25) is 5.91 Å². The number of carbonyl (C=O) groups is 1. The molecule has 0 saturated carbocycles. The van der Waals surface area contributed by atoms with E-state index in [0.717, 1.165) is 24.5 Å². The molecule has 0 bridgehead atoms. The van der Waals surface area contributed by atoms with Crippen LogP contribution in [0.3, 0.4) is 0 Å². The van der Waals surface area contributed by atoms with Gasteiger partial charge in [0.15, 0.2) is 0 Å². The number of para-hydroxylation sites is 2. The number of morpholine rings is 1. The van der Waals surface area contributed by atoms with Crippen molar-refractivity contribution in [2.45, 2.75) is 5.03 Å². The highest BCUT2D eigenvalue weighted by atomic mass is 32.2. The first-order valence-corrected chi connectivity index (χ1v) is 10.6. The molecule has 6 nitrogen and oxygen atoms in total. The SMILES string of the molecule is O=C(CSc1ccc(-c2ccccc2F)nn1)Nc1ccccc1N1CCOCC1. The standard InChI is InChI=1S/C22H21FN4O2S/c23-17-6-2-1-5-16(17)18-9-10-22(26-25-18)30-15-21(28)24-19-7-3-4-8-20(19)27-11-13-29-14-12-27/h1-10H,11-15H2,(H,24,28). The van der Waals surface area contributed by atoms with Crippen LogP contribution in [0.25, 0.3) is 11.3 Å². The lowest BCUT2D eigenvalue weighted by molar-refractivity contribution is -0.113. The van der Waals surface area contributed by atoms with Crippen LogP contribution in [0.15, 0.2) is 65.7 Å². The molecule has 1 fully saturated rings. The van der Waals surface area contributed by atoms with Crippen LogP contribution in [-0.4, -0.2) is 48.2 Å². The second-order valence-electron chi connectivity index (χ2n) is 6.69. The molecule has 4 rings (SSSR count). The Morgan fingerprint density at radius 1 is 1.03 bits per heavy atom. The molecule has 0 unspecified atom stereocenters. The number of aromatic nitrogens is 2. The van der Waals surface area contributed by atoms with Crippen molar-refractivity contribution in [3.63, 3.8) is 0 Å². The van der Waals surface area contributed by atoms with E-state index in [1.54, 1.807) is 30.3 Å². The van der Waals surface area contributed by atoms with Gasteiger partial charge in [-0.25, -0.2) is 4.39 Å². The van der Waals surface area contributed by atoms with E-state index in [1.807, 2.05) is 24.3 Å². The second-order valence-corrected chi connectivity index (χ2v) is 7.69. The van der Waals surface area contributed by atoms with E-state index in [4.69, 9.17) is 4.74 Å². The van der Waals surface area contributed by atoms with E-state index < -0.39 is 0 Å². The number of rotatable bonds is 6. The molecule has 154 valence electrons. The third-order valence-electron chi connectivity index (χ3n) is 4.67. The number of hydrogen-bond donors (Lipinski definition) is 1. The molecule has 0 spiro atoms. The third-order valence-corrected chi connectivity index (χ3v) is 5.59. The van der Waals surface area contributed by atoms with Gasteiger partial charge in [-0.1, -0.05) is 36.0 Å². The van der Waals surface area contributed by atoms with Gasteiger partial charge in [-0.2, -0.15) is 0 Å². The van der Waals surface area contributed by atoms with Crippen LogP contribution in [-0.2, 0) is 9.53 Å². The number of halogens is 1. The summed E-state index contributed by atoms with van der Waals surface area (Å²) < 4.78 is 19.3. The van der Waals surface area contributed by atoms with Gasteiger partial charge in [-0.15, -0.1) is 10.2 Å². The zero-order valence-electron chi connectivity index (χ0n) is 16.3. The minimum absolute atomic E-state index is 0.124. The van der Waals surface area contributed by atoms with Gasteiger partial charge >= 0.3 is 0 Å². The zero-order valence-corrected chi connectivity index (χ0v) is 17.1. The van der Waals surface area contributed by atoms with Crippen molar-refractivity contribution >= 4 is 29.0 Å². The number of hydrogen-bond acceptors (Lipinski definition) is 6. The topological polar surface area (TPSA) is 67.4 Å². The molecule has 0 radical (unpaired) electrons. The molecule has 2 heterocycles. The van der Waals surface area contributed by atoms with Gasteiger partial charge in [0, 0.05) is 18.7 Å². The van der Waals surface area contributed by atoms with Gasteiger partial charge in [-0.05, 0) is 36.4 Å². The molecule has 1 aliphatic rings. The molecular weight excluding hydrogens is 403 g/mol. The smallest absolute Gasteiger partial charge is 0.234 e. The highest BCUT2D eigenvalue weighted by molar-refractivity contribution is 7.99. The average molecular weight is 425 g/mol. The van der Waals surface area contributed by atoms with Crippen molar-refractivity contribution < 1.29 is 13.9 Å². The van der Waals surface area contributed by atoms with E-state index in [1.165, 1.54) is 17.8 Å². The van der Waals surface area contributed by atoms with Crippen molar-refractivity contribution in [3.05, 3.63) is 66.5 Å². The summed E-state index contributed by atoms with van der Waals surface area (Å²) in [6, 6.07) is 17.6.